The van der Waals surface area contributed by atoms with Crippen LogP contribution >= 0.6 is 0 Å². The molecule has 0 spiro atoms. The SMILES string of the molecule is NC(=O)[C@H](Cc1ccccc1)N(Cc1ccccc1)C(=O)O. The van der Waals surface area contributed by atoms with Gasteiger partial charge in [-0.1, -0.05) is 60.7 Å². The van der Waals surface area contributed by atoms with Gasteiger partial charge >= 0.3 is 6.09 Å². The minimum atomic E-state index is -1.16. The van der Waals surface area contributed by atoms with Crippen LogP contribution in [0.1, 0.15) is 11.1 Å². The Morgan fingerprint density at radius 3 is 1.91 bits per heavy atom. The predicted octanol–water partition coefficient (Wildman–Crippen LogP) is 2.26. The first-order valence-corrected chi connectivity index (χ1v) is 6.94. The monoisotopic (exact) mass is 298 g/mol. The molecular weight excluding hydrogens is 280 g/mol. The van der Waals surface area contributed by atoms with Gasteiger partial charge in [0.05, 0.1) is 0 Å². The molecule has 0 aliphatic carbocycles. The lowest BCUT2D eigenvalue weighted by atomic mass is 10.0. The summed E-state index contributed by atoms with van der Waals surface area (Å²) < 4.78 is 0. The van der Waals surface area contributed by atoms with Gasteiger partial charge < -0.3 is 10.8 Å². The number of primary amides is 1. The Morgan fingerprint density at radius 2 is 1.45 bits per heavy atom. The van der Waals surface area contributed by atoms with Crippen molar-refractivity contribution < 1.29 is 14.7 Å². The number of hydrogen-bond donors (Lipinski definition) is 2. The minimum Gasteiger partial charge on any atom is -0.465 e. The summed E-state index contributed by atoms with van der Waals surface area (Å²) in [6.07, 6.45) is -0.904. The van der Waals surface area contributed by atoms with Crippen molar-refractivity contribution in [1.29, 1.82) is 0 Å². The summed E-state index contributed by atoms with van der Waals surface area (Å²) in [5, 5.41) is 9.45. The Hall–Kier alpha value is -2.82. The summed E-state index contributed by atoms with van der Waals surface area (Å²) >= 11 is 0. The zero-order valence-electron chi connectivity index (χ0n) is 12.1. The molecule has 2 aromatic carbocycles. The van der Waals surface area contributed by atoms with Crippen LogP contribution in [0.4, 0.5) is 4.79 Å². The van der Waals surface area contributed by atoms with Crippen LogP contribution in [-0.2, 0) is 17.8 Å². The van der Waals surface area contributed by atoms with Crippen molar-refractivity contribution in [3.05, 3.63) is 71.8 Å². The van der Waals surface area contributed by atoms with Gasteiger partial charge in [0.15, 0.2) is 0 Å². The first-order chi connectivity index (χ1) is 10.6. The first kappa shape index (κ1) is 15.6. The van der Waals surface area contributed by atoms with E-state index in [2.05, 4.69) is 0 Å². The molecule has 5 heteroatoms. The molecule has 2 amide bonds. The quantitative estimate of drug-likeness (QED) is 0.858. The molecule has 0 unspecified atom stereocenters. The summed E-state index contributed by atoms with van der Waals surface area (Å²) in [7, 11) is 0. The van der Waals surface area contributed by atoms with Gasteiger partial charge in [-0.25, -0.2) is 4.79 Å². The van der Waals surface area contributed by atoms with E-state index in [0.29, 0.717) is 0 Å². The molecule has 0 aliphatic rings. The van der Waals surface area contributed by atoms with E-state index in [0.717, 1.165) is 16.0 Å². The van der Waals surface area contributed by atoms with Crippen molar-refractivity contribution in [2.24, 2.45) is 5.73 Å². The fourth-order valence-corrected chi connectivity index (χ4v) is 2.29. The van der Waals surface area contributed by atoms with Gasteiger partial charge in [0, 0.05) is 13.0 Å². The van der Waals surface area contributed by atoms with Crippen LogP contribution in [0.25, 0.3) is 0 Å². The third kappa shape index (κ3) is 4.09. The van der Waals surface area contributed by atoms with Crippen LogP contribution in [-0.4, -0.2) is 28.0 Å². The van der Waals surface area contributed by atoms with Crippen LogP contribution in [0.15, 0.2) is 60.7 Å². The molecule has 2 rings (SSSR count). The van der Waals surface area contributed by atoms with Gasteiger partial charge in [0.1, 0.15) is 6.04 Å². The van der Waals surface area contributed by atoms with E-state index in [1.807, 2.05) is 60.7 Å². The summed E-state index contributed by atoms with van der Waals surface area (Å²) in [6.45, 7) is 0.122. The number of carbonyl (C=O) groups is 2. The maximum Gasteiger partial charge on any atom is 0.408 e. The molecule has 3 N–H and O–H groups in total. The topological polar surface area (TPSA) is 83.6 Å². The third-order valence-electron chi connectivity index (χ3n) is 3.42. The summed E-state index contributed by atoms with van der Waals surface area (Å²) in [6, 6.07) is 17.5. The molecule has 0 bridgehead atoms. The molecule has 114 valence electrons. The van der Waals surface area contributed by atoms with Crippen LogP contribution in [0.5, 0.6) is 0 Å². The zero-order valence-corrected chi connectivity index (χ0v) is 12.1. The average molecular weight is 298 g/mol. The van der Waals surface area contributed by atoms with Gasteiger partial charge in [-0.15, -0.1) is 0 Å². The van der Waals surface area contributed by atoms with E-state index >= 15 is 0 Å². The number of nitrogens with two attached hydrogens (primary N) is 1. The molecule has 0 aliphatic heterocycles. The standard InChI is InChI=1S/C17H18N2O3/c18-16(20)15(11-13-7-3-1-4-8-13)19(17(21)22)12-14-9-5-2-6-10-14/h1-10,15H,11-12H2,(H2,18,20)(H,21,22)/t15-/m0/s1. The Balaban J connectivity index is 2.22. The summed E-state index contributed by atoms with van der Waals surface area (Å²) in [5.74, 6) is -0.651. The predicted molar refractivity (Wildman–Crippen MR) is 83.1 cm³/mol. The highest BCUT2D eigenvalue weighted by Gasteiger charge is 2.28. The number of nitrogens with zero attached hydrogens (tertiary/aromatic N) is 1. The Morgan fingerprint density at radius 1 is 0.955 bits per heavy atom. The van der Waals surface area contributed by atoms with Crippen molar-refractivity contribution in [3.8, 4) is 0 Å². The Bertz CT molecular complexity index is 571. The highest BCUT2D eigenvalue weighted by molar-refractivity contribution is 5.84. The van der Waals surface area contributed by atoms with Gasteiger partial charge in [-0.2, -0.15) is 0 Å². The van der Waals surface area contributed by atoms with Crippen molar-refractivity contribution >= 4 is 12.0 Å². The number of rotatable bonds is 6. The van der Waals surface area contributed by atoms with Crippen molar-refractivity contribution in [2.45, 2.75) is 19.0 Å². The minimum absolute atomic E-state index is 0.122. The summed E-state index contributed by atoms with van der Waals surface area (Å²) in [4.78, 5) is 24.4. The molecule has 0 saturated carbocycles. The lowest BCUT2D eigenvalue weighted by Gasteiger charge is -2.27. The highest BCUT2D eigenvalue weighted by Crippen LogP contribution is 2.13. The second kappa shape index (κ2) is 7.26. The van der Waals surface area contributed by atoms with Gasteiger partial charge in [0.25, 0.3) is 0 Å². The third-order valence-corrected chi connectivity index (χ3v) is 3.42. The molecule has 5 nitrogen and oxygen atoms in total. The van der Waals surface area contributed by atoms with E-state index in [4.69, 9.17) is 5.73 Å². The number of amides is 2. The molecule has 1 atom stereocenters. The number of benzene rings is 2. The molecule has 22 heavy (non-hydrogen) atoms. The second-order valence-corrected chi connectivity index (χ2v) is 5.00. The lowest BCUT2D eigenvalue weighted by molar-refractivity contribution is -0.122. The van der Waals surface area contributed by atoms with Gasteiger partial charge in [-0.3, -0.25) is 9.69 Å². The average Bonchev–Trinajstić information content (AvgIpc) is 2.52. The van der Waals surface area contributed by atoms with Crippen molar-refractivity contribution in [1.82, 2.24) is 4.90 Å². The maximum atomic E-state index is 11.8. The Kier molecular flexibility index (Phi) is 5.14. The van der Waals surface area contributed by atoms with Crippen LogP contribution < -0.4 is 5.73 Å². The first-order valence-electron chi connectivity index (χ1n) is 6.94. The lowest BCUT2D eigenvalue weighted by Crippen LogP contribution is -2.48. The van der Waals surface area contributed by atoms with Crippen LogP contribution in [0.3, 0.4) is 0 Å². The zero-order chi connectivity index (χ0) is 15.9. The smallest absolute Gasteiger partial charge is 0.408 e. The molecule has 0 saturated heterocycles. The molecular formula is C17H18N2O3. The number of carbonyl (C=O) groups excluding carboxylic acids is 1. The fraction of sp³-hybridized carbons (Fsp3) is 0.176. The van der Waals surface area contributed by atoms with Crippen molar-refractivity contribution in [3.63, 3.8) is 0 Å². The fourth-order valence-electron chi connectivity index (χ4n) is 2.29. The van der Waals surface area contributed by atoms with Gasteiger partial charge in [-0.05, 0) is 11.1 Å². The highest BCUT2D eigenvalue weighted by atomic mass is 16.4. The van der Waals surface area contributed by atoms with E-state index in [1.165, 1.54) is 0 Å². The Labute approximate surface area is 129 Å². The summed E-state index contributed by atoms with van der Waals surface area (Å²) in [5.41, 5.74) is 7.11. The molecule has 0 heterocycles. The van der Waals surface area contributed by atoms with E-state index in [1.54, 1.807) is 0 Å². The maximum absolute atomic E-state index is 11.8. The number of hydrogen-bond acceptors (Lipinski definition) is 2. The van der Waals surface area contributed by atoms with Crippen LogP contribution in [0, 0.1) is 0 Å². The molecule has 2 aromatic rings. The van der Waals surface area contributed by atoms with E-state index in [9.17, 15) is 14.7 Å². The largest absolute Gasteiger partial charge is 0.465 e. The van der Waals surface area contributed by atoms with Gasteiger partial charge in [0.2, 0.25) is 5.91 Å². The molecule has 0 aromatic heterocycles. The number of carboxylic acid groups (broad SMARTS) is 1. The van der Waals surface area contributed by atoms with E-state index in [-0.39, 0.29) is 13.0 Å². The van der Waals surface area contributed by atoms with Crippen LogP contribution in [0.2, 0.25) is 0 Å². The van der Waals surface area contributed by atoms with Crippen molar-refractivity contribution in [2.75, 3.05) is 0 Å². The normalized spacial score (nSPS) is 11.6. The molecule has 0 radical (unpaired) electrons. The second-order valence-electron chi connectivity index (χ2n) is 5.00. The van der Waals surface area contributed by atoms with E-state index < -0.39 is 18.0 Å². The molecule has 0 fully saturated rings.